The number of ether oxygens (including phenoxy) is 3. The predicted octanol–water partition coefficient (Wildman–Crippen LogP) is 4.14. The van der Waals surface area contributed by atoms with Crippen molar-refractivity contribution < 1.29 is 23.9 Å². The summed E-state index contributed by atoms with van der Waals surface area (Å²) in [5.74, 6) is -0.821. The number of anilines is 1. The van der Waals surface area contributed by atoms with Crippen molar-refractivity contribution in [1.29, 1.82) is 0 Å². The Morgan fingerprint density at radius 1 is 1.18 bits per heavy atom. The van der Waals surface area contributed by atoms with Crippen LogP contribution in [0, 0.1) is 10.1 Å². The molecule has 0 atom stereocenters. The molecule has 0 radical (unpaired) electrons. The van der Waals surface area contributed by atoms with Gasteiger partial charge in [-0.25, -0.2) is 4.98 Å². The number of benzene rings is 2. The molecule has 1 aromatic heterocycles. The molecule has 0 fully saturated rings. The molecule has 3 rings (SSSR count). The Bertz CT molecular complexity index is 1080. The first-order chi connectivity index (χ1) is 13.4. The van der Waals surface area contributed by atoms with Crippen LogP contribution in [-0.4, -0.2) is 37.1 Å². The zero-order valence-corrected chi connectivity index (χ0v) is 16.5. The van der Waals surface area contributed by atoms with Gasteiger partial charge in [0, 0.05) is 11.1 Å². The highest BCUT2D eigenvalue weighted by molar-refractivity contribution is 7.22. The van der Waals surface area contributed by atoms with Crippen LogP contribution in [-0.2, 0) is 0 Å². The molecular weight excluding hydrogens is 410 g/mol. The van der Waals surface area contributed by atoms with Gasteiger partial charge in [-0.3, -0.25) is 20.2 Å². The van der Waals surface area contributed by atoms with Crippen molar-refractivity contribution >= 4 is 49.9 Å². The van der Waals surface area contributed by atoms with Gasteiger partial charge >= 0.3 is 5.69 Å². The van der Waals surface area contributed by atoms with Crippen LogP contribution in [0.5, 0.6) is 17.2 Å². The van der Waals surface area contributed by atoms with Crippen LogP contribution in [0.25, 0.3) is 10.2 Å². The van der Waals surface area contributed by atoms with Gasteiger partial charge in [-0.05, 0) is 18.2 Å². The molecule has 28 heavy (non-hydrogen) atoms. The van der Waals surface area contributed by atoms with E-state index in [2.05, 4.69) is 10.3 Å². The summed E-state index contributed by atoms with van der Waals surface area (Å²) < 4.78 is 16.2. The minimum Gasteiger partial charge on any atom is -0.493 e. The minimum absolute atomic E-state index is 0.0166. The second-order valence-corrected chi connectivity index (χ2v) is 6.85. The van der Waals surface area contributed by atoms with E-state index in [4.69, 9.17) is 25.8 Å². The number of nitrogens with zero attached hydrogens (tertiary/aromatic N) is 2. The van der Waals surface area contributed by atoms with E-state index in [0.717, 1.165) is 4.70 Å². The lowest BCUT2D eigenvalue weighted by molar-refractivity contribution is -0.386. The highest BCUT2D eigenvalue weighted by atomic mass is 35.5. The molecule has 0 unspecified atom stereocenters. The summed E-state index contributed by atoms with van der Waals surface area (Å²) in [5.41, 5.74) is -0.150. The van der Waals surface area contributed by atoms with Crippen molar-refractivity contribution in [1.82, 2.24) is 4.98 Å². The predicted molar refractivity (Wildman–Crippen MR) is 105 cm³/mol. The van der Waals surface area contributed by atoms with E-state index < -0.39 is 16.5 Å². The second kappa shape index (κ2) is 7.87. The Morgan fingerprint density at radius 2 is 1.89 bits per heavy atom. The van der Waals surface area contributed by atoms with Gasteiger partial charge < -0.3 is 14.2 Å². The standard InChI is InChI=1S/C17H14ClN3O6S/c1-25-11-7-9(13(21(23)24)15(27-3)14(11)26-2)16(22)20-17-19-10-5-4-8(18)6-12(10)28-17/h4-7H,1-3H3,(H,19,20,22). The molecule has 0 saturated heterocycles. The van der Waals surface area contributed by atoms with Gasteiger partial charge in [0.2, 0.25) is 11.5 Å². The van der Waals surface area contributed by atoms with Crippen molar-refractivity contribution in [2.24, 2.45) is 0 Å². The molecule has 0 saturated carbocycles. The number of rotatable bonds is 6. The van der Waals surface area contributed by atoms with Gasteiger partial charge in [0.15, 0.2) is 10.9 Å². The molecule has 146 valence electrons. The number of aromatic nitrogens is 1. The quantitative estimate of drug-likeness (QED) is 0.468. The molecule has 0 aliphatic rings. The molecule has 0 spiro atoms. The molecule has 3 aromatic rings. The Kier molecular flexibility index (Phi) is 5.52. The Morgan fingerprint density at radius 3 is 2.50 bits per heavy atom. The maximum absolute atomic E-state index is 12.8. The fourth-order valence-corrected chi connectivity index (χ4v) is 3.75. The lowest BCUT2D eigenvalue weighted by Crippen LogP contribution is -2.15. The Labute approximate surface area is 167 Å². The van der Waals surface area contributed by atoms with E-state index in [1.165, 1.54) is 38.7 Å². The number of nitro groups is 1. The Balaban J connectivity index is 2.07. The third-order valence-electron chi connectivity index (χ3n) is 3.80. The molecule has 1 amide bonds. The molecule has 11 heteroatoms. The monoisotopic (exact) mass is 423 g/mol. The van der Waals surface area contributed by atoms with Gasteiger partial charge in [-0.2, -0.15) is 0 Å². The second-order valence-electron chi connectivity index (χ2n) is 5.38. The lowest BCUT2D eigenvalue weighted by Gasteiger charge is -2.14. The van der Waals surface area contributed by atoms with Crippen molar-refractivity contribution in [3.8, 4) is 17.2 Å². The number of halogens is 1. The highest BCUT2D eigenvalue weighted by Gasteiger charge is 2.32. The number of carbonyl (C=O) groups excluding carboxylic acids is 1. The van der Waals surface area contributed by atoms with Crippen LogP contribution in [0.4, 0.5) is 10.8 Å². The van der Waals surface area contributed by atoms with Crippen LogP contribution in [0.1, 0.15) is 10.4 Å². The van der Waals surface area contributed by atoms with Crippen molar-refractivity contribution in [2.45, 2.75) is 0 Å². The summed E-state index contributed by atoms with van der Waals surface area (Å²) in [6.45, 7) is 0. The molecule has 9 nitrogen and oxygen atoms in total. The average Bonchev–Trinajstić information content (AvgIpc) is 3.06. The van der Waals surface area contributed by atoms with E-state index in [1.807, 2.05) is 0 Å². The van der Waals surface area contributed by atoms with Crippen molar-refractivity contribution in [3.05, 3.63) is 45.0 Å². The maximum atomic E-state index is 12.8. The summed E-state index contributed by atoms with van der Waals surface area (Å²) in [4.78, 5) is 28.0. The minimum atomic E-state index is -0.740. The lowest BCUT2D eigenvalue weighted by atomic mass is 10.1. The summed E-state index contributed by atoms with van der Waals surface area (Å²) in [5, 5.41) is 15.0. The fourth-order valence-electron chi connectivity index (χ4n) is 2.61. The Hall–Kier alpha value is -3.11. The zero-order valence-electron chi connectivity index (χ0n) is 14.9. The molecule has 1 N–H and O–H groups in total. The summed E-state index contributed by atoms with van der Waals surface area (Å²) in [6.07, 6.45) is 0. The summed E-state index contributed by atoms with van der Waals surface area (Å²) in [6, 6.07) is 6.33. The first kappa shape index (κ1) is 19.6. The maximum Gasteiger partial charge on any atom is 0.327 e. The molecular formula is C17H14ClN3O6S. The van der Waals surface area contributed by atoms with Crippen LogP contribution in [0.2, 0.25) is 5.02 Å². The number of carbonyl (C=O) groups is 1. The summed E-state index contributed by atoms with van der Waals surface area (Å²) in [7, 11) is 3.90. The largest absolute Gasteiger partial charge is 0.493 e. The van der Waals surface area contributed by atoms with Crippen LogP contribution in [0.3, 0.4) is 0 Å². The van der Waals surface area contributed by atoms with Gasteiger partial charge in [-0.1, -0.05) is 22.9 Å². The topological polar surface area (TPSA) is 113 Å². The highest BCUT2D eigenvalue weighted by Crippen LogP contribution is 2.46. The van der Waals surface area contributed by atoms with E-state index >= 15 is 0 Å². The fraction of sp³-hybridized carbons (Fsp3) is 0.176. The van der Waals surface area contributed by atoms with Gasteiger partial charge in [0.05, 0.1) is 36.5 Å². The number of hydrogen-bond donors (Lipinski definition) is 1. The van der Waals surface area contributed by atoms with Crippen LogP contribution < -0.4 is 19.5 Å². The normalized spacial score (nSPS) is 10.6. The number of thiazole rings is 1. The molecule has 0 aliphatic carbocycles. The third-order valence-corrected chi connectivity index (χ3v) is 4.97. The SMILES string of the molecule is COc1cc(C(=O)Nc2nc3ccc(Cl)cc3s2)c([N+](=O)[O-])c(OC)c1OC. The third kappa shape index (κ3) is 3.51. The zero-order chi connectivity index (χ0) is 20.4. The number of nitro benzene ring substituents is 1. The van der Waals surface area contributed by atoms with Gasteiger partial charge in [0.25, 0.3) is 5.91 Å². The van der Waals surface area contributed by atoms with E-state index in [-0.39, 0.29) is 27.9 Å². The van der Waals surface area contributed by atoms with Crippen LogP contribution in [0.15, 0.2) is 24.3 Å². The van der Waals surface area contributed by atoms with Crippen molar-refractivity contribution in [3.63, 3.8) is 0 Å². The summed E-state index contributed by atoms with van der Waals surface area (Å²) >= 11 is 7.15. The number of hydrogen-bond acceptors (Lipinski definition) is 8. The van der Waals surface area contributed by atoms with E-state index in [9.17, 15) is 14.9 Å². The number of amides is 1. The first-order valence-corrected chi connectivity index (χ1v) is 8.93. The smallest absolute Gasteiger partial charge is 0.327 e. The number of methoxy groups -OCH3 is 3. The molecule has 0 bridgehead atoms. The average molecular weight is 424 g/mol. The molecule has 0 aliphatic heterocycles. The molecule has 2 aromatic carbocycles. The number of nitrogens with one attached hydrogen (secondary N) is 1. The molecule has 1 heterocycles. The van der Waals surface area contributed by atoms with Gasteiger partial charge in [0.1, 0.15) is 5.56 Å². The van der Waals surface area contributed by atoms with E-state index in [0.29, 0.717) is 10.5 Å². The number of fused-ring (bicyclic) bond motifs is 1. The van der Waals surface area contributed by atoms with Gasteiger partial charge in [-0.15, -0.1) is 0 Å². The van der Waals surface area contributed by atoms with E-state index in [1.54, 1.807) is 18.2 Å². The first-order valence-electron chi connectivity index (χ1n) is 7.74. The van der Waals surface area contributed by atoms with Crippen LogP contribution >= 0.6 is 22.9 Å². The van der Waals surface area contributed by atoms with Crippen molar-refractivity contribution in [2.75, 3.05) is 26.6 Å².